The number of carbonyl (C=O) groups excluding carboxylic acids is 6. The summed E-state index contributed by atoms with van der Waals surface area (Å²) in [6, 6.07) is 9.48. The fraction of sp³-hybridized carbons (Fsp3) is 0.375. The van der Waals surface area contributed by atoms with Gasteiger partial charge >= 0.3 is 18.3 Å². The largest absolute Gasteiger partial charge is 0.493 e. The average molecular weight is 1090 g/mol. The van der Waals surface area contributed by atoms with E-state index in [1.165, 1.54) is 73.6 Å². The third-order valence-electron chi connectivity index (χ3n) is 13.3. The van der Waals surface area contributed by atoms with Crippen molar-refractivity contribution in [3.8, 4) is 17.2 Å². The molecule has 3 aromatic rings. The minimum Gasteiger partial charge on any atom is -0.493 e. The second-order valence-electron chi connectivity index (χ2n) is 19.0. The first-order valence-corrected chi connectivity index (χ1v) is 25.4. The third kappa shape index (κ3) is 12.7. The summed E-state index contributed by atoms with van der Waals surface area (Å²) in [6.07, 6.45) is 4.62. The van der Waals surface area contributed by atoms with Crippen molar-refractivity contribution in [1.82, 2.24) is 20.4 Å². The molecule has 420 valence electrons. The Bertz CT molecular complexity index is 2960. The lowest BCUT2D eigenvalue weighted by molar-refractivity contribution is -0.128. The van der Waals surface area contributed by atoms with Crippen LogP contribution in [0.4, 0.5) is 31.4 Å². The maximum Gasteiger partial charge on any atom is 0.416 e. The number of fused-ring (bicyclic) bond motifs is 4. The zero-order chi connectivity index (χ0) is 57.2. The van der Waals surface area contributed by atoms with Gasteiger partial charge in [0, 0.05) is 43.8 Å². The van der Waals surface area contributed by atoms with Gasteiger partial charge in [0.25, 0.3) is 11.8 Å². The summed E-state index contributed by atoms with van der Waals surface area (Å²) in [6.45, 7) is 11.7. The molecule has 6 N–H and O–H groups in total. The van der Waals surface area contributed by atoms with Crippen LogP contribution in [0.15, 0.2) is 115 Å². The molecule has 4 heterocycles. The van der Waals surface area contributed by atoms with E-state index in [1.807, 2.05) is 6.92 Å². The lowest BCUT2D eigenvalue weighted by Crippen LogP contribution is -2.54. The summed E-state index contributed by atoms with van der Waals surface area (Å²) < 4.78 is 34.2. The molecule has 7 atom stereocenters. The Balaban J connectivity index is 1.03. The number of aliphatic hydroxyl groups excluding tert-OH is 2. The number of ether oxygens (including phenoxy) is 6. The van der Waals surface area contributed by atoms with Gasteiger partial charge in [0.15, 0.2) is 24.0 Å². The molecule has 0 spiro atoms. The Hall–Kier alpha value is -8.67. The molecule has 0 aliphatic carbocycles. The number of nitrogens with one attached hydrogen (secondary N) is 3. The standard InChI is InChI=1S/C56H65N7O16/c1-9-13-34-24-42-52(68)63(56(73)79-30-33-15-17-36(18-16-33)58-48(64)32(6)57-49(65)45(31(4)5)59-54(70)78-21-11-3)41-27-44(43(74-7)26-39(41)51(67)60(42)28-34)77-23-12-22-76-37-19-20-38-40(25-37)62(55(71)72)53(69)46-47(75-8)35(14-10-2)29-61(46)50(38)66/h9-11,13-20,25-29,31-32,42,45-47,52-53,68-69H,3,12,21-24,30H2,1-2,4-8H3,(H,57,65)(H,58,64)(H,59,70)(H,71,72)/b13-9+,14-10+/t32?,42-,45?,46?,47?,52-,53?/m0/s1. The van der Waals surface area contributed by atoms with Crippen molar-refractivity contribution in [3.63, 3.8) is 0 Å². The van der Waals surface area contributed by atoms with Gasteiger partial charge in [-0.25, -0.2) is 24.2 Å². The number of anilines is 3. The van der Waals surface area contributed by atoms with Gasteiger partial charge in [0.05, 0.1) is 48.9 Å². The Morgan fingerprint density at radius 1 is 0.785 bits per heavy atom. The van der Waals surface area contributed by atoms with Crippen LogP contribution in [0.3, 0.4) is 0 Å². The van der Waals surface area contributed by atoms with Gasteiger partial charge in [0.1, 0.15) is 43.2 Å². The van der Waals surface area contributed by atoms with E-state index in [0.717, 1.165) is 10.5 Å². The Kier molecular flexibility index (Phi) is 18.8. The van der Waals surface area contributed by atoms with Crippen LogP contribution in [0.2, 0.25) is 0 Å². The normalized spacial score (nSPS) is 20.2. The average Bonchev–Trinajstić information content (AvgIpc) is 4.22. The van der Waals surface area contributed by atoms with Crippen LogP contribution in [0.1, 0.15) is 73.7 Å². The van der Waals surface area contributed by atoms with E-state index in [4.69, 9.17) is 28.4 Å². The predicted molar refractivity (Wildman–Crippen MR) is 287 cm³/mol. The SMILES string of the molecule is C=CCOC(=O)NC(C(=O)NC(C)C(=O)Nc1ccc(COC(=O)N2c3cc(OCCCOc4ccc5c(c4)N(C(=O)O)C(O)C4C(OC)C(/C=C/C)=CN4C5=O)c(OC)cc3C(=O)N3C=C(/C=C/C)C[C@H]3[C@@H]2O)cc1)C(C)C. The molecule has 23 heteroatoms. The number of alkyl carbamates (subject to hydrolysis) is 1. The van der Waals surface area contributed by atoms with Crippen molar-refractivity contribution < 1.29 is 77.3 Å². The van der Waals surface area contributed by atoms with Crippen LogP contribution in [0.25, 0.3) is 0 Å². The van der Waals surface area contributed by atoms with Crippen LogP contribution in [-0.4, -0.2) is 144 Å². The topological polar surface area (TPSA) is 285 Å². The lowest BCUT2D eigenvalue weighted by Gasteiger charge is -2.33. The first-order valence-electron chi connectivity index (χ1n) is 25.4. The Morgan fingerprint density at radius 2 is 1.48 bits per heavy atom. The van der Waals surface area contributed by atoms with Crippen molar-refractivity contribution in [2.75, 3.05) is 49.2 Å². The van der Waals surface area contributed by atoms with Gasteiger partial charge < -0.3 is 69.5 Å². The highest BCUT2D eigenvalue weighted by Crippen LogP contribution is 2.43. The zero-order valence-electron chi connectivity index (χ0n) is 44.7. The fourth-order valence-corrected chi connectivity index (χ4v) is 9.48. The van der Waals surface area contributed by atoms with Crippen molar-refractivity contribution >= 4 is 59.0 Å². The molecule has 23 nitrogen and oxygen atoms in total. The van der Waals surface area contributed by atoms with E-state index in [1.54, 1.807) is 75.5 Å². The molecule has 4 aliphatic rings. The zero-order valence-corrected chi connectivity index (χ0v) is 44.7. The molecule has 5 unspecified atom stereocenters. The second-order valence-corrected chi connectivity index (χ2v) is 19.0. The van der Waals surface area contributed by atoms with Gasteiger partial charge in [-0.3, -0.25) is 19.2 Å². The number of benzene rings is 3. The maximum absolute atomic E-state index is 14.3. The number of nitrogens with zero attached hydrogens (tertiary/aromatic N) is 4. The van der Waals surface area contributed by atoms with Gasteiger partial charge in [-0.15, -0.1) is 0 Å². The quantitative estimate of drug-likeness (QED) is 0.0543. The highest BCUT2D eigenvalue weighted by Gasteiger charge is 2.50. The van der Waals surface area contributed by atoms with Gasteiger partial charge in [0.2, 0.25) is 11.8 Å². The predicted octanol–water partition coefficient (Wildman–Crippen LogP) is 6.19. The molecule has 4 aliphatic heterocycles. The van der Waals surface area contributed by atoms with Gasteiger partial charge in [-0.05, 0) is 80.2 Å². The molecule has 0 fully saturated rings. The number of allylic oxidation sites excluding steroid dienone is 3. The molecular formula is C56H65N7O16. The summed E-state index contributed by atoms with van der Waals surface area (Å²) in [5.41, 5.74) is 2.10. The molecule has 7 amide bonds. The van der Waals surface area contributed by atoms with Crippen molar-refractivity contribution in [3.05, 3.63) is 132 Å². The van der Waals surface area contributed by atoms with Crippen LogP contribution in [0.5, 0.6) is 17.2 Å². The van der Waals surface area contributed by atoms with Crippen molar-refractivity contribution in [1.29, 1.82) is 0 Å². The fourth-order valence-electron chi connectivity index (χ4n) is 9.48. The first kappa shape index (κ1) is 58.0. The van der Waals surface area contributed by atoms with Crippen LogP contribution >= 0.6 is 0 Å². The summed E-state index contributed by atoms with van der Waals surface area (Å²) in [5.74, 6) is -2.09. The Labute approximate surface area is 456 Å². The van der Waals surface area contributed by atoms with Gasteiger partial charge in [-0.1, -0.05) is 62.9 Å². The van der Waals surface area contributed by atoms with E-state index in [2.05, 4.69) is 22.5 Å². The van der Waals surface area contributed by atoms with E-state index in [-0.39, 0.29) is 84.9 Å². The highest BCUT2D eigenvalue weighted by atomic mass is 16.6. The first-order chi connectivity index (χ1) is 37.8. The third-order valence-corrected chi connectivity index (χ3v) is 13.3. The second kappa shape index (κ2) is 25.7. The van der Waals surface area contributed by atoms with Crippen molar-refractivity contribution in [2.45, 2.75) is 96.8 Å². The lowest BCUT2D eigenvalue weighted by atomic mass is 10.0. The molecule has 7 rings (SSSR count). The number of hydrogen-bond acceptors (Lipinski definition) is 15. The minimum atomic E-state index is -1.71. The molecule has 0 radical (unpaired) electrons. The molecular weight excluding hydrogens is 1030 g/mol. The maximum atomic E-state index is 14.3. The Morgan fingerprint density at radius 3 is 2.14 bits per heavy atom. The molecule has 0 saturated heterocycles. The molecule has 3 aromatic carbocycles. The van der Waals surface area contributed by atoms with E-state index in [9.17, 15) is 48.9 Å². The van der Waals surface area contributed by atoms with E-state index < -0.39 is 84.6 Å². The van der Waals surface area contributed by atoms with Crippen LogP contribution in [-0.2, 0) is 30.4 Å². The highest BCUT2D eigenvalue weighted by molar-refractivity contribution is 6.07. The number of aliphatic hydroxyl groups is 2. The monoisotopic (exact) mass is 1090 g/mol. The summed E-state index contributed by atoms with van der Waals surface area (Å²) >= 11 is 0. The summed E-state index contributed by atoms with van der Waals surface area (Å²) in [5, 5.41) is 41.7. The minimum absolute atomic E-state index is 0.00557. The van der Waals surface area contributed by atoms with Gasteiger partial charge in [-0.2, -0.15) is 0 Å². The molecule has 0 saturated carbocycles. The smallest absolute Gasteiger partial charge is 0.416 e. The molecule has 0 bridgehead atoms. The number of hydrogen-bond donors (Lipinski definition) is 6. The van der Waals surface area contributed by atoms with Crippen LogP contribution in [0, 0.1) is 5.92 Å². The molecule has 0 aromatic heterocycles. The van der Waals surface area contributed by atoms with E-state index in [0.29, 0.717) is 21.7 Å². The van der Waals surface area contributed by atoms with E-state index >= 15 is 0 Å². The number of rotatable bonds is 20. The van der Waals surface area contributed by atoms with Crippen molar-refractivity contribution in [2.24, 2.45) is 5.92 Å². The number of carbonyl (C=O) groups is 7. The number of methoxy groups -OCH3 is 2. The molecule has 79 heavy (non-hydrogen) atoms. The number of amides is 7. The summed E-state index contributed by atoms with van der Waals surface area (Å²) in [7, 11) is 2.79. The summed E-state index contributed by atoms with van der Waals surface area (Å²) in [4.78, 5) is 97.7. The number of carboxylic acid groups (broad SMARTS) is 1. The van der Waals surface area contributed by atoms with Crippen LogP contribution < -0.4 is 40.0 Å².